The standard InChI is InChI=1S/C25H32N6O2/c1-15-13-26-24(28-19-3-4-21-20(9-19)27-14-31(21)5-6-33-2)30-23(15)29-22-17-7-16-8-18(22)12-25(32,10-16)11-17/h3-4,9,13-14,16-18,22,32H,5-8,10-12H2,1-2H3,(H2,26,28,29,30). The number of aromatic nitrogens is 4. The summed E-state index contributed by atoms with van der Waals surface area (Å²) in [5, 5.41) is 18.0. The van der Waals surface area contributed by atoms with Gasteiger partial charge in [-0.25, -0.2) is 9.97 Å². The number of nitrogens with zero attached hydrogens (tertiary/aromatic N) is 4. The van der Waals surface area contributed by atoms with Crippen molar-refractivity contribution < 1.29 is 9.84 Å². The van der Waals surface area contributed by atoms with Gasteiger partial charge in [-0.3, -0.25) is 0 Å². The van der Waals surface area contributed by atoms with Crippen LogP contribution in [0.1, 0.15) is 37.7 Å². The van der Waals surface area contributed by atoms with Crippen molar-refractivity contribution in [3.63, 3.8) is 0 Å². The number of methoxy groups -OCH3 is 1. The van der Waals surface area contributed by atoms with Crippen molar-refractivity contribution in [2.75, 3.05) is 24.4 Å². The van der Waals surface area contributed by atoms with Gasteiger partial charge in [-0.1, -0.05) is 0 Å². The topological polar surface area (TPSA) is 97.1 Å². The third kappa shape index (κ3) is 3.85. The number of anilines is 3. The van der Waals surface area contributed by atoms with Crippen LogP contribution in [-0.2, 0) is 11.3 Å². The molecule has 0 saturated heterocycles. The Balaban J connectivity index is 1.20. The van der Waals surface area contributed by atoms with Crippen molar-refractivity contribution in [2.45, 2.75) is 57.2 Å². The summed E-state index contributed by atoms with van der Waals surface area (Å²) in [6, 6.07) is 6.50. The molecule has 4 aliphatic carbocycles. The highest BCUT2D eigenvalue weighted by Gasteiger charge is 2.54. The molecule has 2 aromatic heterocycles. The summed E-state index contributed by atoms with van der Waals surface area (Å²) in [6.45, 7) is 3.48. The first-order valence-electron chi connectivity index (χ1n) is 12.0. The molecular formula is C25H32N6O2. The zero-order valence-electron chi connectivity index (χ0n) is 19.3. The van der Waals surface area contributed by atoms with E-state index in [9.17, 15) is 5.11 Å². The van der Waals surface area contributed by atoms with Gasteiger partial charge in [0.05, 0.1) is 29.6 Å². The fourth-order valence-corrected chi connectivity index (χ4v) is 6.66. The second kappa shape index (κ2) is 7.95. The minimum Gasteiger partial charge on any atom is -0.390 e. The van der Waals surface area contributed by atoms with Crippen LogP contribution in [0.2, 0.25) is 0 Å². The van der Waals surface area contributed by atoms with E-state index >= 15 is 0 Å². The Hall–Kier alpha value is -2.71. The number of imidazole rings is 1. The number of hydrogen-bond donors (Lipinski definition) is 3. The average molecular weight is 449 g/mol. The first kappa shape index (κ1) is 20.9. The smallest absolute Gasteiger partial charge is 0.229 e. The summed E-state index contributed by atoms with van der Waals surface area (Å²) in [6.07, 6.45) is 9.01. The normalized spacial score (nSPS) is 30.2. The van der Waals surface area contributed by atoms with E-state index in [0.717, 1.165) is 53.9 Å². The number of fused-ring (bicyclic) bond motifs is 1. The quantitative estimate of drug-likeness (QED) is 0.505. The van der Waals surface area contributed by atoms with Crippen molar-refractivity contribution in [3.8, 4) is 0 Å². The van der Waals surface area contributed by atoms with Gasteiger partial charge in [-0.2, -0.15) is 4.98 Å². The highest BCUT2D eigenvalue weighted by atomic mass is 16.5. The summed E-state index contributed by atoms with van der Waals surface area (Å²) in [5.74, 6) is 3.22. The van der Waals surface area contributed by atoms with Crippen LogP contribution in [-0.4, -0.2) is 50.0 Å². The molecule has 0 amide bonds. The molecule has 2 heterocycles. The van der Waals surface area contributed by atoms with Crippen LogP contribution in [0.5, 0.6) is 0 Å². The summed E-state index contributed by atoms with van der Waals surface area (Å²) >= 11 is 0. The molecule has 8 nitrogen and oxygen atoms in total. The van der Waals surface area contributed by atoms with Gasteiger partial charge in [0.25, 0.3) is 0 Å². The van der Waals surface area contributed by atoms with Crippen molar-refractivity contribution >= 4 is 28.5 Å². The molecule has 174 valence electrons. The van der Waals surface area contributed by atoms with Crippen LogP contribution in [0.15, 0.2) is 30.7 Å². The Kier molecular flexibility index (Phi) is 5.03. The van der Waals surface area contributed by atoms with Crippen LogP contribution in [0.25, 0.3) is 11.0 Å². The van der Waals surface area contributed by atoms with Gasteiger partial charge in [0.15, 0.2) is 0 Å². The lowest BCUT2D eigenvalue weighted by Crippen LogP contribution is -2.59. The molecule has 0 radical (unpaired) electrons. The van der Waals surface area contributed by atoms with Gasteiger partial charge in [-0.05, 0) is 75.0 Å². The predicted molar refractivity (Wildman–Crippen MR) is 128 cm³/mol. The summed E-state index contributed by atoms with van der Waals surface area (Å²) in [4.78, 5) is 13.9. The maximum absolute atomic E-state index is 10.9. The van der Waals surface area contributed by atoms with Crippen molar-refractivity contribution in [3.05, 3.63) is 36.3 Å². The third-order valence-corrected chi connectivity index (χ3v) is 7.93. The highest BCUT2D eigenvalue weighted by molar-refractivity contribution is 5.80. The molecule has 4 saturated carbocycles. The van der Waals surface area contributed by atoms with Gasteiger partial charge < -0.3 is 25.0 Å². The van der Waals surface area contributed by atoms with Crippen LogP contribution in [0.4, 0.5) is 17.5 Å². The van der Waals surface area contributed by atoms with Gasteiger partial charge in [0, 0.05) is 37.1 Å². The van der Waals surface area contributed by atoms with Gasteiger partial charge in [-0.15, -0.1) is 0 Å². The van der Waals surface area contributed by atoms with E-state index in [1.54, 1.807) is 7.11 Å². The average Bonchev–Trinajstić information content (AvgIpc) is 3.18. The maximum atomic E-state index is 10.9. The Morgan fingerprint density at radius 2 is 2.00 bits per heavy atom. The Bertz CT molecular complexity index is 1160. The Labute approximate surface area is 193 Å². The number of ether oxygens (including phenoxy) is 1. The first-order chi connectivity index (χ1) is 16.0. The predicted octanol–water partition coefficient (Wildman–Crippen LogP) is 3.88. The van der Waals surface area contributed by atoms with E-state index in [4.69, 9.17) is 9.72 Å². The number of benzene rings is 1. The number of rotatable bonds is 7. The minimum atomic E-state index is -0.419. The molecule has 1 aromatic carbocycles. The fourth-order valence-electron chi connectivity index (χ4n) is 6.66. The van der Waals surface area contributed by atoms with E-state index in [1.165, 1.54) is 12.8 Å². The van der Waals surface area contributed by atoms with Crippen molar-refractivity contribution in [1.29, 1.82) is 0 Å². The molecule has 2 atom stereocenters. The molecule has 4 fully saturated rings. The second-order valence-corrected chi connectivity index (χ2v) is 10.3. The van der Waals surface area contributed by atoms with Crippen LogP contribution in [0, 0.1) is 24.7 Å². The maximum Gasteiger partial charge on any atom is 0.229 e. The highest BCUT2D eigenvalue weighted by Crippen LogP contribution is 2.56. The zero-order valence-corrected chi connectivity index (χ0v) is 19.3. The van der Waals surface area contributed by atoms with E-state index in [2.05, 4.69) is 38.2 Å². The molecule has 0 spiro atoms. The van der Waals surface area contributed by atoms with Gasteiger partial charge in [0.2, 0.25) is 5.95 Å². The molecule has 2 unspecified atom stereocenters. The number of hydrogen-bond acceptors (Lipinski definition) is 7. The number of nitrogens with one attached hydrogen (secondary N) is 2. The van der Waals surface area contributed by atoms with E-state index < -0.39 is 5.60 Å². The molecule has 8 heteroatoms. The Morgan fingerprint density at radius 3 is 2.76 bits per heavy atom. The van der Waals surface area contributed by atoms with Crippen molar-refractivity contribution in [2.24, 2.45) is 17.8 Å². The fraction of sp³-hybridized carbons (Fsp3) is 0.560. The van der Waals surface area contributed by atoms with Crippen LogP contribution < -0.4 is 10.6 Å². The van der Waals surface area contributed by atoms with Crippen molar-refractivity contribution in [1.82, 2.24) is 19.5 Å². The second-order valence-electron chi connectivity index (χ2n) is 10.3. The van der Waals surface area contributed by atoms with Crippen LogP contribution in [0.3, 0.4) is 0 Å². The number of aliphatic hydroxyl groups is 1. The lowest BCUT2D eigenvalue weighted by Gasteiger charge is -2.58. The van der Waals surface area contributed by atoms with E-state index in [-0.39, 0.29) is 0 Å². The largest absolute Gasteiger partial charge is 0.390 e. The molecule has 33 heavy (non-hydrogen) atoms. The lowest BCUT2D eigenvalue weighted by molar-refractivity contribution is -0.129. The molecule has 3 aromatic rings. The third-order valence-electron chi connectivity index (χ3n) is 7.93. The van der Waals surface area contributed by atoms with Crippen LogP contribution >= 0.6 is 0 Å². The minimum absolute atomic E-state index is 0.385. The Morgan fingerprint density at radius 1 is 1.18 bits per heavy atom. The monoisotopic (exact) mass is 448 g/mol. The van der Waals surface area contributed by atoms with E-state index in [1.807, 2.05) is 24.7 Å². The van der Waals surface area contributed by atoms with E-state index in [0.29, 0.717) is 36.4 Å². The number of aryl methyl sites for hydroxylation is 1. The summed E-state index contributed by atoms with van der Waals surface area (Å²) in [5.41, 5.74) is 3.53. The first-order valence-corrected chi connectivity index (χ1v) is 12.0. The summed E-state index contributed by atoms with van der Waals surface area (Å²) < 4.78 is 7.27. The molecule has 4 aliphatic rings. The molecule has 3 N–H and O–H groups in total. The molecular weight excluding hydrogens is 416 g/mol. The summed E-state index contributed by atoms with van der Waals surface area (Å²) in [7, 11) is 1.71. The van der Waals surface area contributed by atoms with Gasteiger partial charge in [0.1, 0.15) is 5.82 Å². The SMILES string of the molecule is COCCn1cnc2cc(Nc3ncc(C)c(NC4C5CC6CC4CC(O)(C6)C5)n3)ccc21. The van der Waals surface area contributed by atoms with Gasteiger partial charge >= 0.3 is 0 Å². The molecule has 0 aliphatic heterocycles. The zero-order chi connectivity index (χ0) is 22.6. The lowest BCUT2D eigenvalue weighted by atomic mass is 9.52. The molecule has 7 rings (SSSR count). The molecule has 4 bridgehead atoms.